The molecule has 0 unspecified atom stereocenters. The van der Waals surface area contributed by atoms with Gasteiger partial charge in [-0.1, -0.05) is 51.4 Å². The Morgan fingerprint density at radius 3 is 2.41 bits per heavy atom. The van der Waals surface area contributed by atoms with Crippen LogP contribution in [0.3, 0.4) is 0 Å². The van der Waals surface area contributed by atoms with E-state index in [2.05, 4.69) is 29.8 Å². The first kappa shape index (κ1) is 23.4. The van der Waals surface area contributed by atoms with E-state index in [1.54, 1.807) is 5.01 Å². The number of rotatable bonds is 3. The van der Waals surface area contributed by atoms with Crippen molar-refractivity contribution >= 4 is 50.5 Å². The molecule has 0 atom stereocenters. The van der Waals surface area contributed by atoms with Crippen LogP contribution in [0.2, 0.25) is 5.02 Å². The monoisotopic (exact) mass is 454 g/mol. The van der Waals surface area contributed by atoms with Gasteiger partial charge in [0.15, 0.2) is 5.70 Å². The van der Waals surface area contributed by atoms with Crippen LogP contribution in [0.15, 0.2) is 33.5 Å². The minimum atomic E-state index is -0.422. The third-order valence-corrected chi connectivity index (χ3v) is 5.66. The molecule has 148 valence electrons. The summed E-state index contributed by atoms with van der Waals surface area (Å²) in [6.45, 7) is 13.9. The first-order valence-corrected chi connectivity index (χ1v) is 10.2. The summed E-state index contributed by atoms with van der Waals surface area (Å²) in [4.78, 5) is 12.5. The standard InChI is InChI=1S/C19H22BrClN2O2.C2H6/c1-7-15-16-13(8-9-14(21)17(16)20)11(4)18(19(24)25-6)23(15)22-12(5)10(2)3;1-2/h7-10H,1-6H3;1-2H3/b15-7+,22-12+;. The minimum Gasteiger partial charge on any atom is -0.464 e. The number of carbonyl (C=O) groups is 1. The van der Waals surface area contributed by atoms with Crippen LogP contribution in [0.1, 0.15) is 59.6 Å². The van der Waals surface area contributed by atoms with Gasteiger partial charge < -0.3 is 4.74 Å². The smallest absolute Gasteiger partial charge is 0.357 e. The van der Waals surface area contributed by atoms with E-state index in [9.17, 15) is 4.79 Å². The Kier molecular flexibility index (Phi) is 8.76. The van der Waals surface area contributed by atoms with Gasteiger partial charge in [-0.05, 0) is 59.8 Å². The Morgan fingerprint density at radius 2 is 1.93 bits per heavy atom. The van der Waals surface area contributed by atoms with Gasteiger partial charge in [-0.15, -0.1) is 0 Å². The van der Waals surface area contributed by atoms with Crippen LogP contribution in [0.25, 0.3) is 11.3 Å². The van der Waals surface area contributed by atoms with Gasteiger partial charge in [0.05, 0.1) is 17.8 Å². The SMILES string of the molecule is C/C=C1\c2c(ccc(Cl)c2Br)C(C)=C(C(=O)OC)N1/N=C(\C)C(C)C.CC. The largest absolute Gasteiger partial charge is 0.464 e. The van der Waals surface area contributed by atoms with Crippen LogP contribution < -0.4 is 0 Å². The lowest BCUT2D eigenvalue weighted by atomic mass is 9.92. The first-order valence-electron chi connectivity index (χ1n) is 9.04. The summed E-state index contributed by atoms with van der Waals surface area (Å²) in [5.74, 6) is -0.171. The number of nitrogens with zero attached hydrogens (tertiary/aromatic N) is 2. The lowest BCUT2D eigenvalue weighted by molar-refractivity contribution is -0.137. The molecule has 0 radical (unpaired) electrons. The Morgan fingerprint density at radius 1 is 1.33 bits per heavy atom. The number of benzene rings is 1. The second-order valence-corrected chi connectivity index (χ2v) is 7.33. The van der Waals surface area contributed by atoms with Gasteiger partial charge in [0, 0.05) is 15.7 Å². The van der Waals surface area contributed by atoms with E-state index in [1.165, 1.54) is 7.11 Å². The van der Waals surface area contributed by atoms with E-state index in [0.717, 1.165) is 32.6 Å². The summed E-state index contributed by atoms with van der Waals surface area (Å²) in [7, 11) is 1.38. The highest BCUT2D eigenvalue weighted by Crippen LogP contribution is 2.44. The van der Waals surface area contributed by atoms with Crippen molar-refractivity contribution in [3.05, 3.63) is 44.5 Å². The predicted molar refractivity (Wildman–Crippen MR) is 119 cm³/mol. The summed E-state index contributed by atoms with van der Waals surface area (Å²) in [6, 6.07) is 3.73. The molecule has 0 amide bonds. The first-order chi connectivity index (χ1) is 12.7. The van der Waals surface area contributed by atoms with Crippen molar-refractivity contribution in [1.29, 1.82) is 0 Å². The third-order valence-electron chi connectivity index (χ3n) is 4.30. The molecule has 2 rings (SSSR count). The second kappa shape index (κ2) is 10.1. The van der Waals surface area contributed by atoms with Crippen LogP contribution in [0.4, 0.5) is 0 Å². The van der Waals surface area contributed by atoms with Crippen LogP contribution >= 0.6 is 27.5 Å². The molecule has 0 bridgehead atoms. The number of hydrazone groups is 1. The molecular formula is C21H28BrClN2O2. The second-order valence-electron chi connectivity index (χ2n) is 6.13. The van der Waals surface area contributed by atoms with Crippen molar-refractivity contribution in [3.63, 3.8) is 0 Å². The lowest BCUT2D eigenvalue weighted by Gasteiger charge is -2.33. The maximum Gasteiger partial charge on any atom is 0.357 e. The lowest BCUT2D eigenvalue weighted by Crippen LogP contribution is -2.29. The van der Waals surface area contributed by atoms with E-state index < -0.39 is 5.97 Å². The summed E-state index contributed by atoms with van der Waals surface area (Å²) < 4.78 is 5.80. The van der Waals surface area contributed by atoms with Crippen LogP contribution in [0.5, 0.6) is 0 Å². The third kappa shape index (κ3) is 4.64. The number of fused-ring (bicyclic) bond motifs is 1. The molecule has 0 saturated carbocycles. The number of methoxy groups -OCH3 is 1. The highest BCUT2D eigenvalue weighted by molar-refractivity contribution is 9.10. The molecule has 27 heavy (non-hydrogen) atoms. The zero-order chi connectivity index (χ0) is 20.9. The number of esters is 1. The fourth-order valence-corrected chi connectivity index (χ4v) is 3.31. The van der Waals surface area contributed by atoms with Crippen molar-refractivity contribution in [2.45, 2.75) is 48.5 Å². The van der Waals surface area contributed by atoms with Crippen LogP contribution in [0, 0.1) is 5.92 Å². The molecule has 6 heteroatoms. The topological polar surface area (TPSA) is 41.9 Å². The summed E-state index contributed by atoms with van der Waals surface area (Å²) in [5.41, 5.74) is 4.76. The minimum absolute atomic E-state index is 0.251. The van der Waals surface area contributed by atoms with E-state index in [0.29, 0.717) is 10.7 Å². The zero-order valence-corrected chi connectivity index (χ0v) is 19.6. The van der Waals surface area contributed by atoms with Gasteiger partial charge in [-0.2, -0.15) is 5.10 Å². The molecule has 4 nitrogen and oxygen atoms in total. The molecule has 1 heterocycles. The molecule has 0 N–H and O–H groups in total. The Bertz CT molecular complexity index is 811. The molecule has 0 fully saturated rings. The van der Waals surface area contributed by atoms with E-state index in [4.69, 9.17) is 21.4 Å². The molecule has 1 aliphatic heterocycles. The fourth-order valence-electron chi connectivity index (χ4n) is 2.61. The Balaban J connectivity index is 0.00000176. The van der Waals surface area contributed by atoms with Crippen LogP contribution in [-0.2, 0) is 9.53 Å². The average Bonchev–Trinajstić information content (AvgIpc) is 2.66. The Hall–Kier alpha value is -1.59. The quantitative estimate of drug-likeness (QED) is 0.374. The molecule has 1 aromatic rings. The maximum absolute atomic E-state index is 12.5. The summed E-state index contributed by atoms with van der Waals surface area (Å²) >= 11 is 9.89. The van der Waals surface area contributed by atoms with Crippen molar-refractivity contribution in [3.8, 4) is 0 Å². The van der Waals surface area contributed by atoms with Crippen LogP contribution in [-0.4, -0.2) is 23.8 Å². The normalized spacial score (nSPS) is 15.6. The van der Waals surface area contributed by atoms with Gasteiger partial charge in [-0.25, -0.2) is 9.80 Å². The highest BCUT2D eigenvalue weighted by Gasteiger charge is 2.33. The van der Waals surface area contributed by atoms with Crippen molar-refractivity contribution in [2.24, 2.45) is 11.0 Å². The molecule has 0 aliphatic carbocycles. The maximum atomic E-state index is 12.5. The number of hydrogen-bond donors (Lipinski definition) is 0. The van der Waals surface area contributed by atoms with Crippen molar-refractivity contribution < 1.29 is 9.53 Å². The molecule has 0 saturated heterocycles. The van der Waals surface area contributed by atoms with Gasteiger partial charge in [-0.3, -0.25) is 0 Å². The van der Waals surface area contributed by atoms with E-state index in [1.807, 2.05) is 52.8 Å². The number of carbonyl (C=O) groups excluding carboxylic acids is 1. The van der Waals surface area contributed by atoms with E-state index >= 15 is 0 Å². The Labute approximate surface area is 176 Å². The molecule has 1 aromatic carbocycles. The number of halogens is 2. The molecular weight excluding hydrogens is 428 g/mol. The number of ether oxygens (including phenoxy) is 1. The van der Waals surface area contributed by atoms with Gasteiger partial charge in [0.1, 0.15) is 0 Å². The van der Waals surface area contributed by atoms with E-state index in [-0.39, 0.29) is 5.92 Å². The zero-order valence-electron chi connectivity index (χ0n) is 17.3. The number of hydrogen-bond acceptors (Lipinski definition) is 4. The summed E-state index contributed by atoms with van der Waals surface area (Å²) in [5, 5.41) is 6.99. The van der Waals surface area contributed by atoms with Gasteiger partial charge >= 0.3 is 5.97 Å². The average molecular weight is 456 g/mol. The van der Waals surface area contributed by atoms with Gasteiger partial charge in [0.25, 0.3) is 0 Å². The van der Waals surface area contributed by atoms with Gasteiger partial charge in [0.2, 0.25) is 0 Å². The molecule has 1 aliphatic rings. The fraction of sp³-hybridized carbons (Fsp3) is 0.429. The highest BCUT2D eigenvalue weighted by atomic mass is 79.9. The predicted octanol–water partition coefficient (Wildman–Crippen LogP) is 6.74. The molecule has 0 aromatic heterocycles. The summed E-state index contributed by atoms with van der Waals surface area (Å²) in [6.07, 6.45) is 1.92. The van der Waals surface area contributed by atoms with Crippen molar-refractivity contribution in [2.75, 3.05) is 7.11 Å². The number of allylic oxidation sites excluding steroid dienone is 2. The molecule has 0 spiro atoms. The van der Waals surface area contributed by atoms with Crippen molar-refractivity contribution in [1.82, 2.24) is 5.01 Å².